The van der Waals surface area contributed by atoms with Crippen LogP contribution in [0.25, 0.3) is 21.5 Å². The second-order valence-corrected chi connectivity index (χ2v) is 4.88. The lowest BCUT2D eigenvalue weighted by molar-refractivity contribution is 0.0968. The Labute approximate surface area is 111 Å². The number of fused-ring (bicyclic) bond motifs is 3. The Morgan fingerprint density at radius 3 is 2.42 bits per heavy atom. The monoisotopic (exact) mass is 249 g/mol. The van der Waals surface area contributed by atoms with E-state index < -0.39 is 6.04 Å². The van der Waals surface area contributed by atoms with E-state index in [0.29, 0.717) is 5.56 Å². The van der Waals surface area contributed by atoms with Crippen molar-refractivity contribution in [2.75, 3.05) is 0 Å². The molecule has 0 radical (unpaired) electrons. The second kappa shape index (κ2) is 4.48. The van der Waals surface area contributed by atoms with Crippen LogP contribution in [0.5, 0.6) is 0 Å². The molecule has 0 heterocycles. The van der Waals surface area contributed by atoms with E-state index in [-0.39, 0.29) is 5.78 Å². The third kappa shape index (κ3) is 2.00. The van der Waals surface area contributed by atoms with Crippen molar-refractivity contribution in [1.29, 1.82) is 0 Å². The fourth-order valence-electron chi connectivity index (χ4n) is 2.43. The highest BCUT2D eigenvalue weighted by Gasteiger charge is 2.11. The summed E-state index contributed by atoms with van der Waals surface area (Å²) in [4.78, 5) is 11.9. The molecular formula is C17H15NO. The Kier molecular flexibility index (Phi) is 2.80. The van der Waals surface area contributed by atoms with Gasteiger partial charge in [-0.05, 0) is 34.5 Å². The summed E-state index contributed by atoms with van der Waals surface area (Å²) in [5.41, 5.74) is 6.33. The number of rotatable bonds is 2. The van der Waals surface area contributed by atoms with Crippen molar-refractivity contribution in [3.63, 3.8) is 0 Å². The minimum Gasteiger partial charge on any atom is -0.321 e. The van der Waals surface area contributed by atoms with Gasteiger partial charge in [0.05, 0.1) is 6.04 Å². The van der Waals surface area contributed by atoms with Crippen molar-refractivity contribution in [3.8, 4) is 0 Å². The number of nitrogens with two attached hydrogens (primary N) is 1. The highest BCUT2D eigenvalue weighted by atomic mass is 16.1. The van der Waals surface area contributed by atoms with Crippen LogP contribution in [0.2, 0.25) is 0 Å². The van der Waals surface area contributed by atoms with Gasteiger partial charge < -0.3 is 5.73 Å². The second-order valence-electron chi connectivity index (χ2n) is 4.88. The van der Waals surface area contributed by atoms with Gasteiger partial charge in [0.2, 0.25) is 0 Å². The van der Waals surface area contributed by atoms with Gasteiger partial charge in [0, 0.05) is 5.56 Å². The summed E-state index contributed by atoms with van der Waals surface area (Å²) in [6.07, 6.45) is 0. The maximum Gasteiger partial charge on any atom is 0.179 e. The molecule has 3 aromatic rings. The van der Waals surface area contributed by atoms with Gasteiger partial charge in [0.25, 0.3) is 0 Å². The van der Waals surface area contributed by atoms with Crippen LogP contribution in [0.1, 0.15) is 17.3 Å². The molecule has 1 atom stereocenters. The van der Waals surface area contributed by atoms with Gasteiger partial charge in [-0.1, -0.05) is 48.5 Å². The molecule has 0 bridgehead atoms. The predicted molar refractivity (Wildman–Crippen MR) is 79.4 cm³/mol. The molecule has 2 nitrogen and oxygen atoms in total. The molecule has 19 heavy (non-hydrogen) atoms. The van der Waals surface area contributed by atoms with Gasteiger partial charge >= 0.3 is 0 Å². The van der Waals surface area contributed by atoms with Crippen molar-refractivity contribution >= 4 is 27.3 Å². The largest absolute Gasteiger partial charge is 0.321 e. The lowest BCUT2D eigenvalue weighted by Crippen LogP contribution is -2.26. The first-order chi connectivity index (χ1) is 9.16. The molecule has 2 N–H and O–H groups in total. The molecule has 0 aliphatic heterocycles. The first-order valence-corrected chi connectivity index (χ1v) is 6.38. The van der Waals surface area contributed by atoms with Crippen LogP contribution in [0.4, 0.5) is 0 Å². The van der Waals surface area contributed by atoms with E-state index in [0.717, 1.165) is 5.39 Å². The molecule has 1 unspecified atom stereocenters. The molecule has 0 amide bonds. The van der Waals surface area contributed by atoms with Crippen molar-refractivity contribution in [3.05, 3.63) is 60.2 Å². The zero-order valence-electron chi connectivity index (χ0n) is 10.8. The van der Waals surface area contributed by atoms with Crippen LogP contribution in [0.15, 0.2) is 54.6 Å². The van der Waals surface area contributed by atoms with Crippen LogP contribution >= 0.6 is 0 Å². The molecule has 94 valence electrons. The zero-order valence-corrected chi connectivity index (χ0v) is 10.8. The summed E-state index contributed by atoms with van der Waals surface area (Å²) >= 11 is 0. The Morgan fingerprint density at radius 2 is 1.63 bits per heavy atom. The van der Waals surface area contributed by atoms with E-state index in [2.05, 4.69) is 24.3 Å². The summed E-state index contributed by atoms with van der Waals surface area (Å²) < 4.78 is 0. The Bertz CT molecular complexity index is 774. The van der Waals surface area contributed by atoms with E-state index in [4.69, 9.17) is 5.73 Å². The van der Waals surface area contributed by atoms with E-state index in [1.165, 1.54) is 16.2 Å². The molecule has 0 saturated carbocycles. The minimum atomic E-state index is -0.460. The minimum absolute atomic E-state index is 0.0185. The van der Waals surface area contributed by atoms with Crippen molar-refractivity contribution < 1.29 is 4.79 Å². The maximum atomic E-state index is 11.9. The van der Waals surface area contributed by atoms with Gasteiger partial charge in [-0.3, -0.25) is 4.79 Å². The third-order valence-corrected chi connectivity index (χ3v) is 3.44. The molecule has 0 spiro atoms. The lowest BCUT2D eigenvalue weighted by atomic mass is 9.97. The van der Waals surface area contributed by atoms with Gasteiger partial charge in [-0.2, -0.15) is 0 Å². The molecule has 3 aromatic carbocycles. The van der Waals surface area contributed by atoms with E-state index in [9.17, 15) is 4.79 Å². The van der Waals surface area contributed by atoms with E-state index >= 15 is 0 Å². The highest BCUT2D eigenvalue weighted by molar-refractivity contribution is 6.10. The fourth-order valence-corrected chi connectivity index (χ4v) is 2.43. The van der Waals surface area contributed by atoms with Gasteiger partial charge in [-0.15, -0.1) is 0 Å². The molecule has 0 fully saturated rings. The quantitative estimate of drug-likeness (QED) is 0.557. The molecule has 3 rings (SSSR count). The number of ketones is 1. The molecule has 2 heteroatoms. The van der Waals surface area contributed by atoms with Crippen molar-refractivity contribution in [2.45, 2.75) is 13.0 Å². The van der Waals surface area contributed by atoms with Crippen molar-refractivity contribution in [2.24, 2.45) is 5.73 Å². The first-order valence-electron chi connectivity index (χ1n) is 6.38. The standard InChI is InChI=1S/C17H15NO/c1-11(18)17(19)14-8-9-16-13(10-14)7-6-12-4-2-3-5-15(12)16/h2-11H,18H2,1H3. The summed E-state index contributed by atoms with van der Waals surface area (Å²) in [6, 6.07) is 17.7. The van der Waals surface area contributed by atoms with Crippen LogP contribution in [0, 0.1) is 0 Å². The number of hydrogen-bond acceptors (Lipinski definition) is 2. The van der Waals surface area contributed by atoms with Crippen LogP contribution < -0.4 is 5.73 Å². The summed E-state index contributed by atoms with van der Waals surface area (Å²) in [5, 5.41) is 4.66. The van der Waals surface area contributed by atoms with Crippen LogP contribution in [0.3, 0.4) is 0 Å². The molecule has 0 aliphatic rings. The third-order valence-electron chi connectivity index (χ3n) is 3.44. The number of benzene rings is 3. The van der Waals surface area contributed by atoms with Crippen LogP contribution in [-0.4, -0.2) is 11.8 Å². The van der Waals surface area contributed by atoms with Gasteiger partial charge in [0.1, 0.15) is 0 Å². The SMILES string of the molecule is CC(N)C(=O)c1ccc2c(ccc3ccccc32)c1. The van der Waals surface area contributed by atoms with E-state index in [1.807, 2.05) is 30.3 Å². The molecule has 0 aliphatic carbocycles. The number of carbonyl (C=O) groups excluding carboxylic acids is 1. The van der Waals surface area contributed by atoms with E-state index in [1.54, 1.807) is 6.92 Å². The maximum absolute atomic E-state index is 11.9. The molecular weight excluding hydrogens is 234 g/mol. The predicted octanol–water partition coefficient (Wildman–Crippen LogP) is 3.52. The van der Waals surface area contributed by atoms with Crippen molar-refractivity contribution in [1.82, 2.24) is 0 Å². The summed E-state index contributed by atoms with van der Waals surface area (Å²) in [5.74, 6) is -0.0185. The Balaban J connectivity index is 2.25. The highest BCUT2D eigenvalue weighted by Crippen LogP contribution is 2.26. The molecule has 0 saturated heterocycles. The fraction of sp³-hybridized carbons (Fsp3) is 0.118. The number of hydrogen-bond donors (Lipinski definition) is 1. The average molecular weight is 249 g/mol. The normalized spacial score (nSPS) is 12.7. The van der Waals surface area contributed by atoms with Gasteiger partial charge in [-0.25, -0.2) is 0 Å². The lowest BCUT2D eigenvalue weighted by Gasteiger charge is -2.08. The number of carbonyl (C=O) groups is 1. The summed E-state index contributed by atoms with van der Waals surface area (Å²) in [6.45, 7) is 1.72. The zero-order chi connectivity index (χ0) is 13.4. The Hall–Kier alpha value is -2.19. The topological polar surface area (TPSA) is 43.1 Å². The smallest absolute Gasteiger partial charge is 0.179 e. The van der Waals surface area contributed by atoms with Gasteiger partial charge in [0.15, 0.2) is 5.78 Å². The Morgan fingerprint density at radius 1 is 0.947 bits per heavy atom. The molecule has 0 aromatic heterocycles. The number of Topliss-reactive ketones (excluding diaryl/α,β-unsaturated/α-hetero) is 1. The van der Waals surface area contributed by atoms with Crippen LogP contribution in [-0.2, 0) is 0 Å². The summed E-state index contributed by atoms with van der Waals surface area (Å²) in [7, 11) is 0. The average Bonchev–Trinajstić information content (AvgIpc) is 2.45. The first kappa shape index (κ1) is 11.9.